The van der Waals surface area contributed by atoms with Crippen molar-refractivity contribution in [1.29, 1.82) is 0 Å². The molecule has 1 heteroatoms. The second-order valence-corrected chi connectivity index (χ2v) is 8.52. The third-order valence-corrected chi connectivity index (χ3v) is 6.81. The Balaban J connectivity index is 1.82. The average molecular weight is 332 g/mol. The van der Waals surface area contributed by atoms with Crippen LogP contribution in [-0.4, -0.2) is 0 Å². The first kappa shape index (κ1) is 16.9. The van der Waals surface area contributed by atoms with Crippen LogP contribution in [0.5, 0.6) is 0 Å². The number of hydrogen-bond acceptors (Lipinski definition) is 0. The van der Waals surface area contributed by atoms with Crippen LogP contribution < -0.4 is 10.6 Å². The lowest BCUT2D eigenvalue weighted by Gasteiger charge is -2.21. The van der Waals surface area contributed by atoms with E-state index < -0.39 is 7.92 Å². The van der Waals surface area contributed by atoms with Gasteiger partial charge in [0.2, 0.25) is 0 Å². The highest BCUT2D eigenvalue weighted by Crippen LogP contribution is 2.37. The summed E-state index contributed by atoms with van der Waals surface area (Å²) < 4.78 is 0. The van der Waals surface area contributed by atoms with E-state index in [1.165, 1.54) is 34.6 Å². The second-order valence-electron chi connectivity index (χ2n) is 6.45. The van der Waals surface area contributed by atoms with Gasteiger partial charge in [0.05, 0.1) is 0 Å². The lowest BCUT2D eigenvalue weighted by atomic mass is 9.86. The van der Waals surface area contributed by atoms with Crippen molar-refractivity contribution >= 4 is 18.5 Å². The van der Waals surface area contributed by atoms with E-state index in [1.807, 2.05) is 0 Å². The van der Waals surface area contributed by atoms with Crippen LogP contribution in [-0.2, 0) is 0 Å². The fourth-order valence-corrected chi connectivity index (χ4v) is 5.09. The van der Waals surface area contributed by atoms with Crippen molar-refractivity contribution in [2.24, 2.45) is 5.92 Å². The number of benzene rings is 2. The Hall–Kier alpha value is -1.91. The first-order valence-electron chi connectivity index (χ1n) is 8.66. The molecule has 1 unspecified atom stereocenters. The summed E-state index contributed by atoms with van der Waals surface area (Å²) in [4.78, 5) is 0. The standard InChI is InChI=1S/C23H25P/c1-19(2)21-15-13-20(14-16-21)17-18-24(22-9-5-3-6-10-22)23-11-7-4-8-12-23/h3-13,17-18,21H,1,14-16H2,2H3. The van der Waals surface area contributed by atoms with Crippen molar-refractivity contribution < 1.29 is 0 Å². The van der Waals surface area contributed by atoms with Gasteiger partial charge in [-0.15, -0.1) is 0 Å². The van der Waals surface area contributed by atoms with Crippen LogP contribution in [0.25, 0.3) is 0 Å². The van der Waals surface area contributed by atoms with Crippen molar-refractivity contribution in [2.75, 3.05) is 0 Å². The van der Waals surface area contributed by atoms with Crippen LogP contribution in [0.1, 0.15) is 26.2 Å². The molecule has 0 aromatic heterocycles. The first-order chi connectivity index (χ1) is 11.7. The van der Waals surface area contributed by atoms with Crippen molar-refractivity contribution in [3.63, 3.8) is 0 Å². The molecule has 1 aliphatic rings. The number of allylic oxidation sites excluding steroid dienone is 4. The lowest BCUT2D eigenvalue weighted by molar-refractivity contribution is 0.545. The van der Waals surface area contributed by atoms with Gasteiger partial charge in [-0.05, 0) is 50.6 Å². The van der Waals surface area contributed by atoms with Gasteiger partial charge >= 0.3 is 0 Å². The molecule has 2 aromatic carbocycles. The predicted octanol–water partition coefficient (Wildman–Crippen LogP) is 5.94. The number of rotatable bonds is 5. The zero-order valence-electron chi connectivity index (χ0n) is 14.4. The minimum Gasteiger partial charge on any atom is -0.0998 e. The maximum atomic E-state index is 4.11. The van der Waals surface area contributed by atoms with Gasteiger partial charge in [-0.25, -0.2) is 0 Å². The monoisotopic (exact) mass is 332 g/mol. The zero-order valence-corrected chi connectivity index (χ0v) is 15.3. The molecule has 122 valence electrons. The second kappa shape index (κ2) is 8.27. The fraction of sp³-hybridized carbons (Fsp3) is 0.217. The van der Waals surface area contributed by atoms with Crippen LogP contribution in [0.4, 0.5) is 0 Å². The molecule has 0 bridgehead atoms. The Bertz CT molecular complexity index is 686. The Morgan fingerprint density at radius 3 is 2.04 bits per heavy atom. The largest absolute Gasteiger partial charge is 0.0998 e. The van der Waals surface area contributed by atoms with E-state index in [9.17, 15) is 0 Å². The summed E-state index contributed by atoms with van der Waals surface area (Å²) in [6.45, 7) is 6.27. The average Bonchev–Trinajstić information content (AvgIpc) is 2.64. The van der Waals surface area contributed by atoms with Crippen molar-refractivity contribution in [1.82, 2.24) is 0 Å². The van der Waals surface area contributed by atoms with Gasteiger partial charge in [0, 0.05) is 0 Å². The van der Waals surface area contributed by atoms with Crippen LogP contribution in [0.15, 0.2) is 96.4 Å². The van der Waals surface area contributed by atoms with E-state index >= 15 is 0 Å². The van der Waals surface area contributed by atoms with Gasteiger partial charge in [-0.1, -0.05) is 96.4 Å². The van der Waals surface area contributed by atoms with Crippen LogP contribution in [0, 0.1) is 5.92 Å². The van der Waals surface area contributed by atoms with Gasteiger partial charge < -0.3 is 0 Å². The highest BCUT2D eigenvalue weighted by Gasteiger charge is 2.14. The third kappa shape index (κ3) is 4.34. The topological polar surface area (TPSA) is 0 Å². The number of hydrogen-bond donors (Lipinski definition) is 0. The van der Waals surface area contributed by atoms with E-state index in [4.69, 9.17) is 0 Å². The summed E-state index contributed by atoms with van der Waals surface area (Å²) in [5.41, 5.74) is 2.80. The van der Waals surface area contributed by atoms with Crippen molar-refractivity contribution in [3.05, 3.63) is 96.4 Å². The van der Waals surface area contributed by atoms with E-state index in [0.717, 1.165) is 6.42 Å². The highest BCUT2D eigenvalue weighted by molar-refractivity contribution is 7.75. The Labute approximate surface area is 147 Å². The maximum absolute atomic E-state index is 4.11. The lowest BCUT2D eigenvalue weighted by Crippen LogP contribution is -2.09. The molecule has 24 heavy (non-hydrogen) atoms. The smallest absolute Gasteiger partial charge is 0.0157 e. The fourth-order valence-electron chi connectivity index (χ4n) is 3.12. The molecule has 0 heterocycles. The molecule has 0 nitrogen and oxygen atoms in total. The Kier molecular flexibility index (Phi) is 5.83. The quantitative estimate of drug-likeness (QED) is 0.470. The molecule has 0 aliphatic heterocycles. The molecule has 1 atom stereocenters. The summed E-state index contributed by atoms with van der Waals surface area (Å²) in [6.07, 6.45) is 8.31. The van der Waals surface area contributed by atoms with E-state index in [0.29, 0.717) is 5.92 Å². The van der Waals surface area contributed by atoms with Gasteiger partial charge in [0.25, 0.3) is 0 Å². The Morgan fingerprint density at radius 1 is 1.00 bits per heavy atom. The van der Waals surface area contributed by atoms with Crippen LogP contribution >= 0.6 is 7.92 Å². The van der Waals surface area contributed by atoms with Gasteiger partial charge in [0.1, 0.15) is 0 Å². The normalized spacial score (nSPS) is 17.9. The molecule has 0 spiro atoms. The van der Waals surface area contributed by atoms with Crippen molar-refractivity contribution in [2.45, 2.75) is 26.2 Å². The third-order valence-electron chi connectivity index (χ3n) is 4.65. The molecule has 0 amide bonds. The van der Waals surface area contributed by atoms with E-state index in [1.54, 1.807) is 0 Å². The minimum atomic E-state index is -0.438. The van der Waals surface area contributed by atoms with Gasteiger partial charge in [-0.2, -0.15) is 0 Å². The van der Waals surface area contributed by atoms with Crippen LogP contribution in [0.3, 0.4) is 0 Å². The highest BCUT2D eigenvalue weighted by atomic mass is 31.1. The summed E-state index contributed by atoms with van der Waals surface area (Å²) in [5, 5.41) is 2.82. The zero-order chi connectivity index (χ0) is 16.8. The molecule has 0 N–H and O–H groups in total. The molecular formula is C23H25P. The molecule has 2 aromatic rings. The van der Waals surface area contributed by atoms with Crippen molar-refractivity contribution in [3.8, 4) is 0 Å². The Morgan fingerprint density at radius 2 is 1.58 bits per heavy atom. The van der Waals surface area contributed by atoms with Gasteiger partial charge in [0.15, 0.2) is 0 Å². The molecule has 1 aliphatic carbocycles. The van der Waals surface area contributed by atoms with E-state index in [-0.39, 0.29) is 0 Å². The first-order valence-corrected chi connectivity index (χ1v) is 10.1. The molecule has 3 rings (SSSR count). The van der Waals surface area contributed by atoms with Gasteiger partial charge in [-0.3, -0.25) is 0 Å². The molecule has 0 fully saturated rings. The summed E-state index contributed by atoms with van der Waals surface area (Å²) in [5.74, 6) is 3.10. The molecule has 0 radical (unpaired) electrons. The summed E-state index contributed by atoms with van der Waals surface area (Å²) in [7, 11) is -0.438. The summed E-state index contributed by atoms with van der Waals surface area (Å²) in [6, 6.07) is 21.7. The molecule has 0 saturated heterocycles. The molecule has 0 saturated carbocycles. The van der Waals surface area contributed by atoms with Crippen LogP contribution in [0.2, 0.25) is 0 Å². The molecular weight excluding hydrogens is 307 g/mol. The SMILES string of the molecule is C=C(C)C1CC=C(C=CP(c2ccccc2)c2ccccc2)CC1. The predicted molar refractivity (Wildman–Crippen MR) is 108 cm³/mol. The minimum absolute atomic E-state index is 0.438. The summed E-state index contributed by atoms with van der Waals surface area (Å²) >= 11 is 0. The maximum Gasteiger partial charge on any atom is -0.0157 e. The van der Waals surface area contributed by atoms with E-state index in [2.05, 4.69) is 92.1 Å².